The summed E-state index contributed by atoms with van der Waals surface area (Å²) >= 11 is 0. The van der Waals surface area contributed by atoms with E-state index in [1.165, 1.54) is 0 Å². The SMILES string of the molecule is N#Cc1cc(-c2ncccn2)ccc1NCCCCCCO. The summed E-state index contributed by atoms with van der Waals surface area (Å²) in [4.78, 5) is 8.39. The van der Waals surface area contributed by atoms with Gasteiger partial charge in [0.1, 0.15) is 6.07 Å². The van der Waals surface area contributed by atoms with E-state index in [1.807, 2.05) is 18.2 Å². The molecule has 0 radical (unpaired) electrons. The molecule has 5 heteroatoms. The average molecular weight is 296 g/mol. The molecule has 2 aromatic rings. The number of hydrogen-bond donors (Lipinski definition) is 2. The van der Waals surface area contributed by atoms with Crippen molar-refractivity contribution < 1.29 is 5.11 Å². The minimum absolute atomic E-state index is 0.259. The third kappa shape index (κ3) is 4.54. The number of nitrogens with zero attached hydrogens (tertiary/aromatic N) is 3. The van der Waals surface area contributed by atoms with Gasteiger partial charge in [0, 0.05) is 31.1 Å². The first-order valence-corrected chi connectivity index (χ1v) is 7.51. The minimum Gasteiger partial charge on any atom is -0.396 e. The fourth-order valence-electron chi connectivity index (χ4n) is 2.19. The summed E-state index contributed by atoms with van der Waals surface area (Å²) < 4.78 is 0. The Hall–Kier alpha value is -2.45. The summed E-state index contributed by atoms with van der Waals surface area (Å²) in [5.74, 6) is 0.620. The van der Waals surface area contributed by atoms with Crippen molar-refractivity contribution in [2.75, 3.05) is 18.5 Å². The van der Waals surface area contributed by atoms with Crippen molar-refractivity contribution in [1.29, 1.82) is 5.26 Å². The molecular weight excluding hydrogens is 276 g/mol. The van der Waals surface area contributed by atoms with E-state index < -0.39 is 0 Å². The number of hydrogen-bond acceptors (Lipinski definition) is 5. The highest BCUT2D eigenvalue weighted by Gasteiger charge is 2.06. The molecule has 0 unspecified atom stereocenters. The normalized spacial score (nSPS) is 10.2. The second-order valence-electron chi connectivity index (χ2n) is 5.01. The first-order chi connectivity index (χ1) is 10.8. The fraction of sp³-hybridized carbons (Fsp3) is 0.353. The van der Waals surface area contributed by atoms with Crippen molar-refractivity contribution >= 4 is 5.69 Å². The molecule has 2 rings (SSSR count). The molecule has 0 spiro atoms. The van der Waals surface area contributed by atoms with E-state index in [9.17, 15) is 5.26 Å². The molecule has 22 heavy (non-hydrogen) atoms. The molecular formula is C17H20N4O. The first kappa shape index (κ1) is 15.9. The van der Waals surface area contributed by atoms with Crippen molar-refractivity contribution in [3.05, 3.63) is 42.2 Å². The van der Waals surface area contributed by atoms with Gasteiger partial charge in [0.2, 0.25) is 0 Å². The number of nitriles is 1. The van der Waals surface area contributed by atoms with Gasteiger partial charge in [0.15, 0.2) is 5.82 Å². The van der Waals surface area contributed by atoms with E-state index in [4.69, 9.17) is 5.11 Å². The zero-order chi connectivity index (χ0) is 15.6. The van der Waals surface area contributed by atoms with Crippen LogP contribution < -0.4 is 5.32 Å². The zero-order valence-corrected chi connectivity index (χ0v) is 12.5. The molecule has 0 aliphatic heterocycles. The zero-order valence-electron chi connectivity index (χ0n) is 12.5. The topological polar surface area (TPSA) is 81.8 Å². The lowest BCUT2D eigenvalue weighted by Gasteiger charge is -2.09. The van der Waals surface area contributed by atoms with Gasteiger partial charge in [-0.1, -0.05) is 12.8 Å². The Kier molecular flexibility index (Phi) is 6.34. The Labute approximate surface area is 130 Å². The van der Waals surface area contributed by atoms with Crippen LogP contribution >= 0.6 is 0 Å². The smallest absolute Gasteiger partial charge is 0.159 e. The Morgan fingerprint density at radius 1 is 1.09 bits per heavy atom. The summed E-state index contributed by atoms with van der Waals surface area (Å²) in [6.07, 6.45) is 7.36. The predicted octanol–water partition coefficient (Wildman–Crippen LogP) is 2.98. The Morgan fingerprint density at radius 2 is 1.86 bits per heavy atom. The van der Waals surface area contributed by atoms with E-state index >= 15 is 0 Å². The third-order valence-corrected chi connectivity index (χ3v) is 3.36. The van der Waals surface area contributed by atoms with Gasteiger partial charge in [0.25, 0.3) is 0 Å². The van der Waals surface area contributed by atoms with Gasteiger partial charge in [-0.3, -0.25) is 0 Å². The Balaban J connectivity index is 1.97. The lowest BCUT2D eigenvalue weighted by Crippen LogP contribution is -2.03. The fourth-order valence-corrected chi connectivity index (χ4v) is 2.19. The number of aromatic nitrogens is 2. The van der Waals surface area contributed by atoms with Crippen LogP contribution in [-0.4, -0.2) is 28.2 Å². The van der Waals surface area contributed by atoms with Crippen LogP contribution in [0.1, 0.15) is 31.2 Å². The van der Waals surface area contributed by atoms with Crippen LogP contribution in [0.4, 0.5) is 5.69 Å². The molecule has 0 saturated heterocycles. The molecule has 1 aromatic carbocycles. The lowest BCUT2D eigenvalue weighted by molar-refractivity contribution is 0.283. The minimum atomic E-state index is 0.259. The van der Waals surface area contributed by atoms with Crippen molar-refractivity contribution in [1.82, 2.24) is 9.97 Å². The average Bonchev–Trinajstić information content (AvgIpc) is 2.59. The van der Waals surface area contributed by atoms with Gasteiger partial charge in [-0.25, -0.2) is 9.97 Å². The van der Waals surface area contributed by atoms with E-state index in [2.05, 4.69) is 21.4 Å². The summed E-state index contributed by atoms with van der Waals surface area (Å²) in [6, 6.07) is 9.61. The van der Waals surface area contributed by atoms with Gasteiger partial charge in [-0.2, -0.15) is 5.26 Å². The Morgan fingerprint density at radius 3 is 2.59 bits per heavy atom. The largest absolute Gasteiger partial charge is 0.396 e. The van der Waals surface area contributed by atoms with Crippen LogP contribution in [0.2, 0.25) is 0 Å². The summed E-state index contributed by atoms with van der Waals surface area (Å²) in [5, 5.41) is 21.3. The molecule has 1 aromatic heterocycles. The maximum atomic E-state index is 9.30. The van der Waals surface area contributed by atoms with Crippen molar-refractivity contribution in [3.8, 4) is 17.5 Å². The number of benzene rings is 1. The van der Waals surface area contributed by atoms with Gasteiger partial charge in [-0.15, -0.1) is 0 Å². The first-order valence-electron chi connectivity index (χ1n) is 7.51. The number of aliphatic hydroxyl groups is 1. The van der Waals surface area contributed by atoms with Crippen molar-refractivity contribution in [2.24, 2.45) is 0 Å². The maximum Gasteiger partial charge on any atom is 0.159 e. The number of unbranched alkanes of at least 4 members (excludes halogenated alkanes) is 3. The molecule has 0 atom stereocenters. The molecule has 5 nitrogen and oxygen atoms in total. The summed E-state index contributed by atoms with van der Waals surface area (Å²) in [7, 11) is 0. The second-order valence-corrected chi connectivity index (χ2v) is 5.01. The van der Waals surface area contributed by atoms with Crippen LogP contribution in [-0.2, 0) is 0 Å². The Bertz CT molecular complexity index is 622. The molecule has 0 amide bonds. The molecule has 0 fully saturated rings. The van der Waals surface area contributed by atoms with Crippen LogP contribution in [0, 0.1) is 11.3 Å². The highest BCUT2D eigenvalue weighted by atomic mass is 16.2. The number of anilines is 1. The quantitative estimate of drug-likeness (QED) is 0.732. The number of rotatable bonds is 8. The highest BCUT2D eigenvalue weighted by molar-refractivity contribution is 5.67. The number of aliphatic hydroxyl groups excluding tert-OH is 1. The molecule has 2 N–H and O–H groups in total. The van der Waals surface area contributed by atoms with E-state index in [0.29, 0.717) is 11.4 Å². The van der Waals surface area contributed by atoms with Crippen LogP contribution in [0.5, 0.6) is 0 Å². The highest BCUT2D eigenvalue weighted by Crippen LogP contribution is 2.22. The number of nitrogens with one attached hydrogen (secondary N) is 1. The summed E-state index contributed by atoms with van der Waals surface area (Å²) in [5.41, 5.74) is 2.27. The maximum absolute atomic E-state index is 9.30. The van der Waals surface area contributed by atoms with E-state index in [0.717, 1.165) is 43.5 Å². The third-order valence-electron chi connectivity index (χ3n) is 3.36. The van der Waals surface area contributed by atoms with Gasteiger partial charge >= 0.3 is 0 Å². The molecule has 1 heterocycles. The standard InChI is InChI=1S/C17H20N4O/c18-13-15-12-14(17-20-9-5-10-21-17)6-7-16(15)19-8-3-1-2-4-11-22/h5-7,9-10,12,19,22H,1-4,8,11H2. The van der Waals surface area contributed by atoms with Gasteiger partial charge in [-0.05, 0) is 37.1 Å². The molecule has 114 valence electrons. The van der Waals surface area contributed by atoms with Crippen LogP contribution in [0.15, 0.2) is 36.7 Å². The van der Waals surface area contributed by atoms with Crippen molar-refractivity contribution in [3.63, 3.8) is 0 Å². The van der Waals surface area contributed by atoms with Crippen molar-refractivity contribution in [2.45, 2.75) is 25.7 Å². The van der Waals surface area contributed by atoms with E-state index in [-0.39, 0.29) is 6.61 Å². The molecule has 0 bridgehead atoms. The molecule has 0 aliphatic rings. The van der Waals surface area contributed by atoms with Gasteiger partial charge in [0.05, 0.1) is 11.3 Å². The predicted molar refractivity (Wildman–Crippen MR) is 86.2 cm³/mol. The van der Waals surface area contributed by atoms with Crippen LogP contribution in [0.3, 0.4) is 0 Å². The molecule has 0 aliphatic carbocycles. The second kappa shape index (κ2) is 8.75. The molecule has 0 saturated carbocycles. The van der Waals surface area contributed by atoms with Crippen LogP contribution in [0.25, 0.3) is 11.4 Å². The monoisotopic (exact) mass is 296 g/mol. The van der Waals surface area contributed by atoms with Gasteiger partial charge < -0.3 is 10.4 Å². The summed E-state index contributed by atoms with van der Waals surface area (Å²) in [6.45, 7) is 1.08. The van der Waals surface area contributed by atoms with E-state index in [1.54, 1.807) is 18.5 Å². The lowest BCUT2D eigenvalue weighted by atomic mass is 10.1.